The van der Waals surface area contributed by atoms with Gasteiger partial charge in [-0.1, -0.05) is 13.0 Å². The van der Waals surface area contributed by atoms with Crippen LogP contribution in [-0.2, 0) is 4.74 Å². The summed E-state index contributed by atoms with van der Waals surface area (Å²) in [5.74, 6) is 2.17. The highest BCUT2D eigenvalue weighted by Crippen LogP contribution is 2.35. The summed E-state index contributed by atoms with van der Waals surface area (Å²) in [6.07, 6.45) is 1.33. The lowest BCUT2D eigenvalue weighted by molar-refractivity contribution is 0.0630. The number of ether oxygens (including phenoxy) is 3. The number of rotatable bonds is 7. The smallest absolute Gasteiger partial charge is 0.161 e. The lowest BCUT2D eigenvalue weighted by Crippen LogP contribution is -2.32. The summed E-state index contributed by atoms with van der Waals surface area (Å²) in [4.78, 5) is 0. The van der Waals surface area contributed by atoms with E-state index >= 15 is 0 Å². The fourth-order valence-electron chi connectivity index (χ4n) is 2.93. The van der Waals surface area contributed by atoms with E-state index in [2.05, 4.69) is 24.4 Å². The molecule has 21 heavy (non-hydrogen) atoms. The number of benzene rings is 1. The summed E-state index contributed by atoms with van der Waals surface area (Å²) in [5, 5.41) is 3.39. The topological polar surface area (TPSA) is 39.7 Å². The maximum atomic E-state index is 5.92. The Kier molecular flexibility index (Phi) is 5.88. The third-order valence-electron chi connectivity index (χ3n) is 4.01. The molecule has 0 radical (unpaired) electrons. The van der Waals surface area contributed by atoms with Gasteiger partial charge in [0.25, 0.3) is 0 Å². The molecule has 118 valence electrons. The molecule has 4 nitrogen and oxygen atoms in total. The fraction of sp³-hybridized carbons (Fsp3) is 0.647. The molecule has 0 saturated carbocycles. The van der Waals surface area contributed by atoms with Gasteiger partial charge in [-0.15, -0.1) is 0 Å². The Morgan fingerprint density at radius 3 is 2.52 bits per heavy atom. The van der Waals surface area contributed by atoms with Crippen LogP contribution in [0, 0.1) is 5.92 Å². The van der Waals surface area contributed by atoms with Crippen molar-refractivity contribution in [2.45, 2.75) is 39.3 Å². The van der Waals surface area contributed by atoms with Crippen molar-refractivity contribution in [3.63, 3.8) is 0 Å². The van der Waals surface area contributed by atoms with Crippen molar-refractivity contribution in [3.05, 3.63) is 23.8 Å². The van der Waals surface area contributed by atoms with Crippen LogP contribution in [0.25, 0.3) is 0 Å². The van der Waals surface area contributed by atoms with Crippen molar-refractivity contribution in [1.82, 2.24) is 5.32 Å². The Bertz CT molecular complexity index is 450. The average molecular weight is 293 g/mol. The molecular formula is C17H27NO3. The second kappa shape index (κ2) is 7.66. The third kappa shape index (κ3) is 3.69. The first-order valence-electron chi connectivity index (χ1n) is 7.89. The first-order chi connectivity index (χ1) is 10.2. The molecule has 0 aromatic heterocycles. The maximum absolute atomic E-state index is 5.92. The summed E-state index contributed by atoms with van der Waals surface area (Å²) in [7, 11) is 1.98. The van der Waals surface area contributed by atoms with Crippen LogP contribution in [0.2, 0.25) is 0 Å². The summed E-state index contributed by atoms with van der Waals surface area (Å²) in [5.41, 5.74) is 1.18. The van der Waals surface area contributed by atoms with Crippen LogP contribution in [0.5, 0.6) is 11.5 Å². The van der Waals surface area contributed by atoms with E-state index in [-0.39, 0.29) is 12.1 Å². The molecule has 1 aliphatic heterocycles. The van der Waals surface area contributed by atoms with Gasteiger partial charge in [-0.25, -0.2) is 0 Å². The van der Waals surface area contributed by atoms with Gasteiger partial charge < -0.3 is 19.5 Å². The Morgan fingerprint density at radius 1 is 1.24 bits per heavy atom. The van der Waals surface area contributed by atoms with Gasteiger partial charge in [0.1, 0.15) is 0 Å². The molecule has 1 saturated heterocycles. The van der Waals surface area contributed by atoms with Crippen LogP contribution >= 0.6 is 0 Å². The van der Waals surface area contributed by atoms with Gasteiger partial charge in [0.05, 0.1) is 25.4 Å². The zero-order valence-corrected chi connectivity index (χ0v) is 13.5. The lowest BCUT2D eigenvalue weighted by Gasteiger charge is -2.27. The molecule has 1 aromatic rings. The number of hydrogen-bond donors (Lipinski definition) is 1. The van der Waals surface area contributed by atoms with Gasteiger partial charge in [-0.2, -0.15) is 0 Å². The van der Waals surface area contributed by atoms with Gasteiger partial charge in [0.2, 0.25) is 0 Å². The van der Waals surface area contributed by atoms with Crippen molar-refractivity contribution in [2.75, 3.05) is 26.9 Å². The third-order valence-corrected chi connectivity index (χ3v) is 4.01. The van der Waals surface area contributed by atoms with Crippen molar-refractivity contribution < 1.29 is 14.2 Å². The number of hydrogen-bond acceptors (Lipinski definition) is 4. The van der Waals surface area contributed by atoms with Crippen molar-refractivity contribution in [3.8, 4) is 11.5 Å². The van der Waals surface area contributed by atoms with E-state index in [0.29, 0.717) is 19.1 Å². The minimum Gasteiger partial charge on any atom is -0.490 e. The minimum absolute atomic E-state index is 0.178. The molecule has 0 spiro atoms. The van der Waals surface area contributed by atoms with Gasteiger partial charge in [-0.3, -0.25) is 0 Å². The van der Waals surface area contributed by atoms with Gasteiger partial charge in [0.15, 0.2) is 11.5 Å². The largest absolute Gasteiger partial charge is 0.490 e. The zero-order valence-electron chi connectivity index (χ0n) is 13.5. The predicted octanol–water partition coefficient (Wildman–Crippen LogP) is 3.17. The van der Waals surface area contributed by atoms with Crippen LogP contribution in [0.3, 0.4) is 0 Å². The van der Waals surface area contributed by atoms with Crippen molar-refractivity contribution >= 4 is 0 Å². The van der Waals surface area contributed by atoms with Crippen LogP contribution in [0.4, 0.5) is 0 Å². The normalized spacial score (nSPS) is 23.0. The summed E-state index contributed by atoms with van der Waals surface area (Å²) in [6, 6.07) is 6.35. The summed E-state index contributed by atoms with van der Waals surface area (Å²) in [6.45, 7) is 8.33. The van der Waals surface area contributed by atoms with E-state index < -0.39 is 0 Å². The highest BCUT2D eigenvalue weighted by atomic mass is 16.5. The fourth-order valence-corrected chi connectivity index (χ4v) is 2.93. The predicted molar refractivity (Wildman–Crippen MR) is 84.1 cm³/mol. The SMILES string of the molecule is CCOc1ccc(C(NC)C2OCCC2C)cc1OCC. The van der Waals surface area contributed by atoms with Crippen molar-refractivity contribution in [2.24, 2.45) is 5.92 Å². The maximum Gasteiger partial charge on any atom is 0.161 e. The molecule has 1 aromatic carbocycles. The second-order valence-electron chi connectivity index (χ2n) is 5.44. The first kappa shape index (κ1) is 16.1. The van der Waals surface area contributed by atoms with Crippen molar-refractivity contribution in [1.29, 1.82) is 0 Å². The molecule has 0 aliphatic carbocycles. The van der Waals surface area contributed by atoms with E-state index in [1.54, 1.807) is 0 Å². The molecule has 2 rings (SSSR count). The Morgan fingerprint density at radius 2 is 1.95 bits per heavy atom. The molecule has 4 heteroatoms. The molecule has 1 N–H and O–H groups in total. The Balaban J connectivity index is 2.26. The van der Waals surface area contributed by atoms with Crippen LogP contribution in [-0.4, -0.2) is 33.0 Å². The van der Waals surface area contributed by atoms with E-state index in [9.17, 15) is 0 Å². The zero-order chi connectivity index (χ0) is 15.2. The van der Waals surface area contributed by atoms with Gasteiger partial charge in [-0.05, 0) is 50.9 Å². The Labute approximate surface area is 127 Å². The average Bonchev–Trinajstić information content (AvgIpc) is 2.89. The summed E-state index contributed by atoms with van der Waals surface area (Å²) < 4.78 is 17.3. The highest BCUT2D eigenvalue weighted by molar-refractivity contribution is 5.44. The molecule has 1 fully saturated rings. The standard InChI is InChI=1S/C17H27NO3/c1-5-19-14-8-7-13(11-15(14)20-6-2)16(18-4)17-12(3)9-10-21-17/h7-8,11-12,16-18H,5-6,9-10H2,1-4H3. The van der Waals surface area contributed by atoms with Crippen LogP contribution in [0.15, 0.2) is 18.2 Å². The quantitative estimate of drug-likeness (QED) is 0.838. The lowest BCUT2D eigenvalue weighted by atomic mass is 9.92. The molecular weight excluding hydrogens is 266 g/mol. The van der Waals surface area contributed by atoms with Gasteiger partial charge >= 0.3 is 0 Å². The Hall–Kier alpha value is -1.26. The van der Waals surface area contributed by atoms with Crippen LogP contribution in [0.1, 0.15) is 38.8 Å². The number of likely N-dealkylation sites (N-methyl/N-ethyl adjacent to an activating group) is 1. The molecule has 3 unspecified atom stereocenters. The summed E-state index contributed by atoms with van der Waals surface area (Å²) >= 11 is 0. The van der Waals surface area contributed by atoms with E-state index in [4.69, 9.17) is 14.2 Å². The molecule has 0 amide bonds. The highest BCUT2D eigenvalue weighted by Gasteiger charge is 2.32. The first-order valence-corrected chi connectivity index (χ1v) is 7.89. The van der Waals surface area contributed by atoms with E-state index in [1.165, 1.54) is 5.56 Å². The number of nitrogens with one attached hydrogen (secondary N) is 1. The second-order valence-corrected chi connectivity index (χ2v) is 5.44. The molecule has 0 bridgehead atoms. The van der Waals surface area contributed by atoms with Gasteiger partial charge in [0, 0.05) is 6.61 Å². The van der Waals surface area contributed by atoms with Crippen LogP contribution < -0.4 is 14.8 Å². The molecule has 1 heterocycles. The molecule has 1 aliphatic rings. The minimum atomic E-state index is 0.178. The monoisotopic (exact) mass is 293 g/mol. The van der Waals surface area contributed by atoms with E-state index in [1.807, 2.05) is 27.0 Å². The van der Waals surface area contributed by atoms with E-state index in [0.717, 1.165) is 24.5 Å². The molecule has 3 atom stereocenters.